The quantitative estimate of drug-likeness (QED) is 0.668. The van der Waals surface area contributed by atoms with Crippen LogP contribution in [-0.2, 0) is 6.54 Å². The van der Waals surface area contributed by atoms with Crippen molar-refractivity contribution in [2.75, 3.05) is 5.32 Å². The monoisotopic (exact) mass is 288 g/mol. The zero-order valence-electron chi connectivity index (χ0n) is 11.1. The molecule has 1 aromatic carbocycles. The average molecular weight is 288 g/mol. The molecule has 8 heteroatoms. The summed E-state index contributed by atoms with van der Waals surface area (Å²) in [5.74, 6) is 0.476. The lowest BCUT2D eigenvalue weighted by Gasteiger charge is -2.06. The summed E-state index contributed by atoms with van der Waals surface area (Å²) < 4.78 is 0. The summed E-state index contributed by atoms with van der Waals surface area (Å²) in [6.45, 7) is 1.96. The Bertz CT molecular complexity index is 702. The summed E-state index contributed by atoms with van der Waals surface area (Å²) in [7, 11) is 0. The zero-order chi connectivity index (χ0) is 15.4. The van der Waals surface area contributed by atoms with Crippen molar-refractivity contribution < 1.29 is 9.85 Å². The van der Waals surface area contributed by atoms with E-state index in [-0.39, 0.29) is 11.4 Å². The molecule has 21 heavy (non-hydrogen) atoms. The SMILES string of the molecule is Cc1cc(NCc2cccc([N+](=O)[O-])c2)ncc1[N+](=O)[O-]. The van der Waals surface area contributed by atoms with E-state index in [0.29, 0.717) is 17.9 Å². The van der Waals surface area contributed by atoms with Gasteiger partial charge in [0.25, 0.3) is 11.4 Å². The van der Waals surface area contributed by atoms with Gasteiger partial charge in [0, 0.05) is 24.2 Å². The van der Waals surface area contributed by atoms with E-state index in [0.717, 1.165) is 5.56 Å². The lowest BCUT2D eigenvalue weighted by Crippen LogP contribution is -2.03. The molecular formula is C13H12N4O4. The summed E-state index contributed by atoms with van der Waals surface area (Å²) in [5, 5.41) is 24.4. The number of aromatic nitrogens is 1. The number of non-ortho nitro benzene ring substituents is 1. The summed E-state index contributed by atoms with van der Waals surface area (Å²) >= 11 is 0. The first kappa shape index (κ1) is 14.4. The van der Waals surface area contributed by atoms with Crippen molar-refractivity contribution in [3.05, 3.63) is 67.9 Å². The number of nitrogens with one attached hydrogen (secondary N) is 1. The van der Waals surface area contributed by atoms with Crippen LogP contribution in [0.15, 0.2) is 36.5 Å². The molecule has 2 aromatic rings. The van der Waals surface area contributed by atoms with Gasteiger partial charge in [0.05, 0.1) is 9.85 Å². The topological polar surface area (TPSA) is 111 Å². The molecule has 0 atom stereocenters. The minimum absolute atomic E-state index is 0.0159. The Morgan fingerprint density at radius 1 is 1.19 bits per heavy atom. The second-order valence-electron chi connectivity index (χ2n) is 4.39. The van der Waals surface area contributed by atoms with E-state index < -0.39 is 9.85 Å². The van der Waals surface area contributed by atoms with E-state index in [1.165, 1.54) is 18.3 Å². The number of hydrogen-bond acceptors (Lipinski definition) is 6. The lowest BCUT2D eigenvalue weighted by atomic mass is 10.2. The summed E-state index contributed by atoms with van der Waals surface area (Å²) in [6, 6.07) is 7.79. The molecule has 0 aliphatic carbocycles. The molecule has 0 amide bonds. The lowest BCUT2D eigenvalue weighted by molar-refractivity contribution is -0.385. The molecule has 0 unspecified atom stereocenters. The van der Waals surface area contributed by atoms with E-state index in [1.54, 1.807) is 25.1 Å². The Morgan fingerprint density at radius 3 is 2.57 bits per heavy atom. The third kappa shape index (κ3) is 3.50. The molecule has 8 nitrogen and oxygen atoms in total. The van der Waals surface area contributed by atoms with Crippen LogP contribution in [-0.4, -0.2) is 14.8 Å². The van der Waals surface area contributed by atoms with Crippen LogP contribution in [0.5, 0.6) is 0 Å². The molecule has 0 aliphatic rings. The molecule has 1 aromatic heterocycles. The fourth-order valence-electron chi connectivity index (χ4n) is 1.81. The highest BCUT2D eigenvalue weighted by Crippen LogP contribution is 2.20. The molecule has 0 spiro atoms. The largest absolute Gasteiger partial charge is 0.366 e. The van der Waals surface area contributed by atoms with Gasteiger partial charge < -0.3 is 5.32 Å². The van der Waals surface area contributed by atoms with Crippen LogP contribution in [0.4, 0.5) is 17.2 Å². The number of rotatable bonds is 5. The van der Waals surface area contributed by atoms with Crippen molar-refractivity contribution in [2.45, 2.75) is 13.5 Å². The van der Waals surface area contributed by atoms with Crippen LogP contribution in [0.1, 0.15) is 11.1 Å². The molecule has 0 bridgehead atoms. The number of hydrogen-bond donors (Lipinski definition) is 1. The standard InChI is InChI=1S/C13H12N4O4/c1-9-5-13(15-8-12(9)17(20)21)14-7-10-3-2-4-11(6-10)16(18)19/h2-6,8H,7H2,1H3,(H,14,15). The Balaban J connectivity index is 2.10. The van der Waals surface area contributed by atoms with Crippen LogP contribution in [0.3, 0.4) is 0 Å². The Hall–Kier alpha value is -3.03. The van der Waals surface area contributed by atoms with Gasteiger partial charge in [-0.1, -0.05) is 12.1 Å². The molecule has 0 saturated heterocycles. The maximum absolute atomic E-state index is 10.7. The van der Waals surface area contributed by atoms with Gasteiger partial charge in [-0.15, -0.1) is 0 Å². The van der Waals surface area contributed by atoms with Crippen LogP contribution in [0.2, 0.25) is 0 Å². The van der Waals surface area contributed by atoms with Crippen LogP contribution in [0, 0.1) is 27.2 Å². The Labute approximate surface area is 119 Å². The first-order chi connectivity index (χ1) is 9.97. The van der Waals surface area contributed by atoms with Gasteiger partial charge in [0.1, 0.15) is 12.0 Å². The van der Waals surface area contributed by atoms with Crippen LogP contribution >= 0.6 is 0 Å². The molecular weight excluding hydrogens is 276 g/mol. The smallest absolute Gasteiger partial charge is 0.290 e. The van der Waals surface area contributed by atoms with Gasteiger partial charge in [-0.05, 0) is 18.6 Å². The second-order valence-corrected chi connectivity index (χ2v) is 4.39. The van der Waals surface area contributed by atoms with Crippen LogP contribution in [0.25, 0.3) is 0 Å². The van der Waals surface area contributed by atoms with Crippen molar-refractivity contribution in [1.82, 2.24) is 4.98 Å². The van der Waals surface area contributed by atoms with E-state index in [9.17, 15) is 20.2 Å². The number of benzene rings is 1. The van der Waals surface area contributed by atoms with Crippen molar-refractivity contribution >= 4 is 17.2 Å². The molecule has 1 heterocycles. The predicted molar refractivity (Wildman–Crippen MR) is 76.1 cm³/mol. The van der Waals surface area contributed by atoms with Crippen LogP contribution < -0.4 is 5.32 Å². The Kier molecular flexibility index (Phi) is 4.07. The summed E-state index contributed by atoms with van der Waals surface area (Å²) in [6.07, 6.45) is 1.19. The van der Waals surface area contributed by atoms with Crippen molar-refractivity contribution in [1.29, 1.82) is 0 Å². The summed E-state index contributed by atoms with van der Waals surface area (Å²) in [4.78, 5) is 24.4. The average Bonchev–Trinajstić information content (AvgIpc) is 2.45. The number of anilines is 1. The maximum Gasteiger partial charge on any atom is 0.290 e. The Morgan fingerprint density at radius 2 is 1.95 bits per heavy atom. The molecule has 0 saturated carbocycles. The van der Waals surface area contributed by atoms with E-state index in [1.807, 2.05) is 0 Å². The number of nitrogens with zero attached hydrogens (tertiary/aromatic N) is 3. The maximum atomic E-state index is 10.7. The minimum Gasteiger partial charge on any atom is -0.366 e. The highest BCUT2D eigenvalue weighted by Gasteiger charge is 2.11. The van der Waals surface area contributed by atoms with E-state index in [2.05, 4.69) is 10.3 Å². The number of nitro groups is 2. The fraction of sp³-hybridized carbons (Fsp3) is 0.154. The van der Waals surface area contributed by atoms with Gasteiger partial charge in [0.2, 0.25) is 0 Å². The highest BCUT2D eigenvalue weighted by molar-refractivity contribution is 5.47. The minimum atomic E-state index is -0.493. The van der Waals surface area contributed by atoms with Crippen molar-refractivity contribution in [3.8, 4) is 0 Å². The van der Waals surface area contributed by atoms with Gasteiger partial charge in [0.15, 0.2) is 0 Å². The molecule has 2 rings (SSSR count). The predicted octanol–water partition coefficient (Wildman–Crippen LogP) is 2.82. The first-order valence-corrected chi connectivity index (χ1v) is 6.05. The van der Waals surface area contributed by atoms with E-state index >= 15 is 0 Å². The molecule has 108 valence electrons. The van der Waals surface area contributed by atoms with Gasteiger partial charge in [-0.3, -0.25) is 20.2 Å². The zero-order valence-corrected chi connectivity index (χ0v) is 11.1. The van der Waals surface area contributed by atoms with E-state index in [4.69, 9.17) is 0 Å². The molecule has 1 N–H and O–H groups in total. The molecule has 0 fully saturated rings. The molecule has 0 aliphatic heterocycles. The first-order valence-electron chi connectivity index (χ1n) is 6.05. The second kappa shape index (κ2) is 5.95. The highest BCUT2D eigenvalue weighted by atomic mass is 16.6. The molecule has 0 radical (unpaired) electrons. The normalized spacial score (nSPS) is 10.1. The number of nitro benzene ring substituents is 1. The fourth-order valence-corrected chi connectivity index (χ4v) is 1.81. The van der Waals surface area contributed by atoms with Crippen molar-refractivity contribution in [2.24, 2.45) is 0 Å². The third-order valence-electron chi connectivity index (χ3n) is 2.87. The van der Waals surface area contributed by atoms with Gasteiger partial charge >= 0.3 is 0 Å². The van der Waals surface area contributed by atoms with Crippen molar-refractivity contribution in [3.63, 3.8) is 0 Å². The number of aryl methyl sites for hydroxylation is 1. The van der Waals surface area contributed by atoms with Gasteiger partial charge in [-0.2, -0.15) is 0 Å². The summed E-state index contributed by atoms with van der Waals surface area (Å²) in [5.41, 5.74) is 1.19. The number of pyridine rings is 1. The third-order valence-corrected chi connectivity index (χ3v) is 2.87. The van der Waals surface area contributed by atoms with Gasteiger partial charge in [-0.25, -0.2) is 4.98 Å².